The summed E-state index contributed by atoms with van der Waals surface area (Å²) in [6, 6.07) is 9.50. The number of carbonyl (C=O) groups is 2. The molecule has 3 rings (SSSR count). The predicted molar refractivity (Wildman–Crippen MR) is 83.6 cm³/mol. The predicted octanol–water partition coefficient (Wildman–Crippen LogP) is 2.89. The van der Waals surface area contributed by atoms with Gasteiger partial charge in [0.05, 0.1) is 0 Å². The highest BCUT2D eigenvalue weighted by Crippen LogP contribution is 2.29. The molecule has 1 aliphatic rings. The molecule has 0 saturated carbocycles. The van der Waals surface area contributed by atoms with Crippen molar-refractivity contribution in [3.05, 3.63) is 53.4 Å². The maximum Gasteiger partial charge on any atom is 0.410 e. The van der Waals surface area contributed by atoms with Crippen molar-refractivity contribution in [2.75, 3.05) is 13.1 Å². The second-order valence-corrected chi connectivity index (χ2v) is 5.72. The van der Waals surface area contributed by atoms with Gasteiger partial charge in [-0.1, -0.05) is 35.5 Å². The van der Waals surface area contributed by atoms with Gasteiger partial charge >= 0.3 is 12.1 Å². The first-order valence-electron chi connectivity index (χ1n) is 7.78. The third-order valence-electron chi connectivity index (χ3n) is 4.17. The first kappa shape index (κ1) is 16.0. The van der Waals surface area contributed by atoms with E-state index in [-0.39, 0.29) is 24.2 Å². The maximum absolute atomic E-state index is 12.1. The van der Waals surface area contributed by atoms with Crippen LogP contribution in [0.3, 0.4) is 0 Å². The van der Waals surface area contributed by atoms with Crippen molar-refractivity contribution in [3.8, 4) is 0 Å². The Morgan fingerprint density at radius 1 is 1.25 bits per heavy atom. The summed E-state index contributed by atoms with van der Waals surface area (Å²) in [5.41, 5.74) is 1.49. The van der Waals surface area contributed by atoms with Crippen molar-refractivity contribution < 1.29 is 24.0 Å². The molecule has 7 heteroatoms. The molecule has 0 aliphatic carbocycles. The van der Waals surface area contributed by atoms with E-state index in [2.05, 4.69) is 5.16 Å². The Bertz CT molecular complexity index is 705. The van der Waals surface area contributed by atoms with Gasteiger partial charge in [-0.05, 0) is 18.4 Å². The third-order valence-corrected chi connectivity index (χ3v) is 4.17. The summed E-state index contributed by atoms with van der Waals surface area (Å²) in [5, 5.41) is 12.9. The van der Waals surface area contributed by atoms with Crippen LogP contribution in [0.25, 0.3) is 0 Å². The number of aromatic carboxylic acids is 1. The van der Waals surface area contributed by atoms with Gasteiger partial charge in [0.2, 0.25) is 0 Å². The zero-order chi connectivity index (χ0) is 16.9. The highest BCUT2D eigenvalue weighted by atomic mass is 16.6. The molecule has 2 aromatic rings. The van der Waals surface area contributed by atoms with E-state index in [4.69, 9.17) is 14.4 Å². The number of nitrogens with zero attached hydrogens (tertiary/aromatic N) is 2. The quantitative estimate of drug-likeness (QED) is 0.926. The largest absolute Gasteiger partial charge is 0.478 e. The molecule has 1 aromatic heterocycles. The topological polar surface area (TPSA) is 92.9 Å². The number of likely N-dealkylation sites (tertiary alicyclic amines) is 1. The Labute approximate surface area is 138 Å². The number of rotatable bonds is 4. The van der Waals surface area contributed by atoms with E-state index < -0.39 is 5.97 Å². The molecule has 2 heterocycles. The molecule has 24 heavy (non-hydrogen) atoms. The number of amides is 1. The molecule has 1 amide bonds. The van der Waals surface area contributed by atoms with E-state index in [0.717, 1.165) is 11.8 Å². The molecule has 1 aliphatic heterocycles. The molecule has 7 nitrogen and oxygen atoms in total. The summed E-state index contributed by atoms with van der Waals surface area (Å²) in [6.45, 7) is 1.25. The van der Waals surface area contributed by atoms with E-state index in [0.29, 0.717) is 31.6 Å². The lowest BCUT2D eigenvalue weighted by atomic mass is 9.91. The molecular weight excluding hydrogens is 312 g/mol. The number of hydrogen-bond acceptors (Lipinski definition) is 5. The van der Waals surface area contributed by atoms with Gasteiger partial charge in [-0.3, -0.25) is 0 Å². The fraction of sp³-hybridized carbons (Fsp3) is 0.353. The molecule has 1 fully saturated rings. The van der Waals surface area contributed by atoms with Gasteiger partial charge < -0.3 is 19.3 Å². The standard InChI is InChI=1S/C17H18N2O5/c20-16(21)14-11-24-18-15(14)13-6-8-19(9-7-13)17(22)23-10-12-4-2-1-3-5-12/h1-5,11,13H,6-10H2,(H,20,21). The van der Waals surface area contributed by atoms with Crippen LogP contribution in [0.2, 0.25) is 0 Å². The molecule has 1 saturated heterocycles. The van der Waals surface area contributed by atoms with Gasteiger partial charge in [0, 0.05) is 19.0 Å². The smallest absolute Gasteiger partial charge is 0.410 e. The average Bonchev–Trinajstić information content (AvgIpc) is 3.11. The van der Waals surface area contributed by atoms with Crippen molar-refractivity contribution in [2.24, 2.45) is 0 Å². The number of hydrogen-bond donors (Lipinski definition) is 1. The number of ether oxygens (including phenoxy) is 1. The van der Waals surface area contributed by atoms with E-state index in [9.17, 15) is 9.59 Å². The number of benzene rings is 1. The summed E-state index contributed by atoms with van der Waals surface area (Å²) in [4.78, 5) is 24.9. The molecule has 1 aromatic carbocycles. The minimum Gasteiger partial charge on any atom is -0.478 e. The summed E-state index contributed by atoms with van der Waals surface area (Å²) in [6.07, 6.45) is 2.06. The lowest BCUT2D eigenvalue weighted by Gasteiger charge is -2.30. The van der Waals surface area contributed by atoms with Crippen LogP contribution in [0, 0.1) is 0 Å². The number of carboxylic acids is 1. The minimum absolute atomic E-state index is 0.0203. The number of carboxylic acid groups (broad SMARTS) is 1. The highest BCUT2D eigenvalue weighted by molar-refractivity contribution is 5.88. The zero-order valence-corrected chi connectivity index (χ0v) is 13.1. The van der Waals surface area contributed by atoms with Crippen LogP contribution in [-0.4, -0.2) is 40.3 Å². The molecule has 126 valence electrons. The average molecular weight is 330 g/mol. The molecule has 1 N–H and O–H groups in total. The molecule has 0 unspecified atom stereocenters. The van der Waals surface area contributed by atoms with E-state index >= 15 is 0 Å². The highest BCUT2D eigenvalue weighted by Gasteiger charge is 2.29. The first-order valence-corrected chi connectivity index (χ1v) is 7.78. The summed E-state index contributed by atoms with van der Waals surface area (Å²) < 4.78 is 10.1. The third kappa shape index (κ3) is 3.56. The van der Waals surface area contributed by atoms with Crippen LogP contribution in [0.15, 0.2) is 41.1 Å². The van der Waals surface area contributed by atoms with Crippen molar-refractivity contribution in [1.29, 1.82) is 0 Å². The summed E-state index contributed by atoms with van der Waals surface area (Å²) in [5.74, 6) is -1.07. The van der Waals surface area contributed by atoms with Gasteiger partial charge in [-0.25, -0.2) is 9.59 Å². The van der Waals surface area contributed by atoms with Crippen LogP contribution in [0.1, 0.15) is 40.4 Å². The minimum atomic E-state index is -1.05. The van der Waals surface area contributed by atoms with Gasteiger partial charge in [-0.2, -0.15) is 0 Å². The van der Waals surface area contributed by atoms with Gasteiger partial charge in [0.1, 0.15) is 24.1 Å². The lowest BCUT2D eigenvalue weighted by Crippen LogP contribution is -2.38. The fourth-order valence-electron chi connectivity index (χ4n) is 2.85. The zero-order valence-electron chi connectivity index (χ0n) is 13.1. The second kappa shape index (κ2) is 7.16. The van der Waals surface area contributed by atoms with Crippen molar-refractivity contribution >= 4 is 12.1 Å². The Morgan fingerprint density at radius 2 is 1.96 bits per heavy atom. The second-order valence-electron chi connectivity index (χ2n) is 5.72. The van der Waals surface area contributed by atoms with Crippen LogP contribution >= 0.6 is 0 Å². The van der Waals surface area contributed by atoms with E-state index in [1.165, 1.54) is 0 Å². The molecule has 0 spiro atoms. The van der Waals surface area contributed by atoms with Crippen molar-refractivity contribution in [2.45, 2.75) is 25.4 Å². The van der Waals surface area contributed by atoms with Gasteiger partial charge in [0.15, 0.2) is 0 Å². The van der Waals surface area contributed by atoms with Gasteiger partial charge in [-0.15, -0.1) is 0 Å². The van der Waals surface area contributed by atoms with E-state index in [1.807, 2.05) is 30.3 Å². The van der Waals surface area contributed by atoms with Crippen molar-refractivity contribution in [1.82, 2.24) is 10.1 Å². The lowest BCUT2D eigenvalue weighted by molar-refractivity contribution is 0.0690. The molecule has 0 bridgehead atoms. The Hall–Kier alpha value is -2.83. The number of aromatic nitrogens is 1. The summed E-state index contributed by atoms with van der Waals surface area (Å²) >= 11 is 0. The number of carbonyl (C=O) groups excluding carboxylic acids is 1. The van der Waals surface area contributed by atoms with Crippen molar-refractivity contribution in [3.63, 3.8) is 0 Å². The molecular formula is C17H18N2O5. The fourth-order valence-corrected chi connectivity index (χ4v) is 2.85. The number of piperidine rings is 1. The maximum atomic E-state index is 12.1. The Kier molecular flexibility index (Phi) is 4.79. The molecule has 0 radical (unpaired) electrons. The molecule has 0 atom stereocenters. The normalized spacial score (nSPS) is 15.2. The monoisotopic (exact) mass is 330 g/mol. The first-order chi connectivity index (χ1) is 11.6. The van der Waals surface area contributed by atoms with Gasteiger partial charge in [0.25, 0.3) is 0 Å². The van der Waals surface area contributed by atoms with Crippen LogP contribution in [-0.2, 0) is 11.3 Å². The summed E-state index contributed by atoms with van der Waals surface area (Å²) in [7, 11) is 0. The Morgan fingerprint density at radius 3 is 2.62 bits per heavy atom. The van der Waals surface area contributed by atoms with E-state index in [1.54, 1.807) is 4.90 Å². The Balaban J connectivity index is 1.52. The van der Waals surface area contributed by atoms with Crippen LogP contribution in [0.4, 0.5) is 4.79 Å². The SMILES string of the molecule is O=C(O)c1conc1C1CCN(C(=O)OCc2ccccc2)CC1. The van der Waals surface area contributed by atoms with Crippen LogP contribution in [0.5, 0.6) is 0 Å². The van der Waals surface area contributed by atoms with Crippen LogP contribution < -0.4 is 0 Å².